The molecule has 0 N–H and O–H groups in total. The molecular formula is C18H15ClFN3O4. The number of aryl methyl sites for hydroxylation is 1. The molecule has 0 aliphatic heterocycles. The summed E-state index contributed by atoms with van der Waals surface area (Å²) in [5, 5.41) is 20.4. The van der Waals surface area contributed by atoms with Crippen LogP contribution in [0.1, 0.15) is 12.0 Å². The summed E-state index contributed by atoms with van der Waals surface area (Å²) in [6.07, 6.45) is 0.0769. The van der Waals surface area contributed by atoms with Gasteiger partial charge in [-0.15, -0.1) is 0 Å². The van der Waals surface area contributed by atoms with E-state index in [1.165, 1.54) is 4.90 Å². The van der Waals surface area contributed by atoms with Crippen LogP contribution in [0, 0.1) is 34.2 Å². The average Bonchev–Trinajstić information content (AvgIpc) is 2.62. The Morgan fingerprint density at radius 1 is 1.37 bits per heavy atom. The molecule has 0 saturated heterocycles. The Morgan fingerprint density at radius 3 is 2.74 bits per heavy atom. The molecule has 140 valence electrons. The summed E-state index contributed by atoms with van der Waals surface area (Å²) in [6.45, 7) is 1.31. The number of anilines is 1. The molecule has 0 bridgehead atoms. The Morgan fingerprint density at radius 2 is 2.11 bits per heavy atom. The SMILES string of the molecule is Cc1cc(N(CCC#N)C(=O)COc2cc(F)ccc2[N+](=O)[O-])ccc1Cl. The van der Waals surface area contributed by atoms with E-state index in [0.717, 1.165) is 23.8 Å². The van der Waals surface area contributed by atoms with E-state index in [1.807, 2.05) is 6.07 Å². The monoisotopic (exact) mass is 391 g/mol. The number of carbonyl (C=O) groups is 1. The summed E-state index contributed by atoms with van der Waals surface area (Å²) in [4.78, 5) is 24.2. The molecule has 7 nitrogen and oxygen atoms in total. The van der Waals surface area contributed by atoms with Crippen molar-refractivity contribution >= 4 is 28.9 Å². The van der Waals surface area contributed by atoms with E-state index >= 15 is 0 Å². The predicted molar refractivity (Wildman–Crippen MR) is 97.3 cm³/mol. The predicted octanol–water partition coefficient (Wildman–Crippen LogP) is 4.02. The largest absolute Gasteiger partial charge is 0.477 e. The first-order valence-electron chi connectivity index (χ1n) is 7.83. The molecule has 27 heavy (non-hydrogen) atoms. The number of hydrogen-bond donors (Lipinski definition) is 0. The molecule has 0 aliphatic carbocycles. The summed E-state index contributed by atoms with van der Waals surface area (Å²) in [6, 6.07) is 9.62. The van der Waals surface area contributed by atoms with Gasteiger partial charge in [0.15, 0.2) is 6.61 Å². The van der Waals surface area contributed by atoms with Gasteiger partial charge in [0.05, 0.1) is 17.4 Å². The van der Waals surface area contributed by atoms with Crippen molar-refractivity contribution in [2.75, 3.05) is 18.1 Å². The molecule has 9 heteroatoms. The van der Waals surface area contributed by atoms with Gasteiger partial charge in [0.25, 0.3) is 5.91 Å². The number of nitro benzene ring substituents is 1. The third-order valence-corrected chi connectivity index (χ3v) is 4.10. The van der Waals surface area contributed by atoms with Gasteiger partial charge in [-0.05, 0) is 36.8 Å². The van der Waals surface area contributed by atoms with Crippen molar-refractivity contribution in [3.63, 3.8) is 0 Å². The quantitative estimate of drug-likeness (QED) is 0.524. The number of carbonyl (C=O) groups excluding carboxylic acids is 1. The molecule has 0 heterocycles. The number of hydrogen-bond acceptors (Lipinski definition) is 5. The van der Waals surface area contributed by atoms with Crippen molar-refractivity contribution in [3.8, 4) is 11.8 Å². The van der Waals surface area contributed by atoms with Gasteiger partial charge in [0.1, 0.15) is 5.82 Å². The van der Waals surface area contributed by atoms with Gasteiger partial charge in [-0.25, -0.2) is 4.39 Å². The summed E-state index contributed by atoms with van der Waals surface area (Å²) in [7, 11) is 0. The highest BCUT2D eigenvalue weighted by Crippen LogP contribution is 2.28. The summed E-state index contributed by atoms with van der Waals surface area (Å²) in [5.41, 5.74) is 0.801. The van der Waals surface area contributed by atoms with Crippen LogP contribution in [-0.2, 0) is 4.79 Å². The maximum atomic E-state index is 13.4. The Kier molecular flexibility index (Phi) is 6.68. The first kappa shape index (κ1) is 20.1. The number of nitro groups is 1. The molecule has 2 aromatic rings. The Labute approximate surface area is 159 Å². The Balaban J connectivity index is 2.22. The second-order valence-electron chi connectivity index (χ2n) is 5.54. The minimum Gasteiger partial charge on any atom is -0.477 e. The van der Waals surface area contributed by atoms with Gasteiger partial charge in [-0.2, -0.15) is 5.26 Å². The number of amides is 1. The normalized spacial score (nSPS) is 10.1. The minimum absolute atomic E-state index is 0.0769. The fraction of sp³-hybridized carbons (Fsp3) is 0.222. The van der Waals surface area contributed by atoms with E-state index in [1.54, 1.807) is 25.1 Å². The van der Waals surface area contributed by atoms with Crippen LogP contribution < -0.4 is 9.64 Å². The van der Waals surface area contributed by atoms with Crippen LogP contribution >= 0.6 is 11.6 Å². The van der Waals surface area contributed by atoms with Crippen molar-refractivity contribution in [3.05, 3.63) is 62.9 Å². The third-order valence-electron chi connectivity index (χ3n) is 3.67. The fourth-order valence-corrected chi connectivity index (χ4v) is 2.45. The van der Waals surface area contributed by atoms with Crippen molar-refractivity contribution in [2.45, 2.75) is 13.3 Å². The van der Waals surface area contributed by atoms with Gasteiger partial charge in [0.2, 0.25) is 5.75 Å². The third kappa shape index (κ3) is 5.15. The number of halogens is 2. The van der Waals surface area contributed by atoms with Crippen LogP contribution in [0.3, 0.4) is 0 Å². The Hall–Kier alpha value is -3.18. The molecule has 1 amide bonds. The van der Waals surface area contributed by atoms with Gasteiger partial charge in [-0.1, -0.05) is 11.6 Å². The number of rotatable bonds is 7. The average molecular weight is 392 g/mol. The maximum Gasteiger partial charge on any atom is 0.311 e. The van der Waals surface area contributed by atoms with E-state index in [2.05, 4.69) is 0 Å². The standard InChI is InChI=1S/C18H15ClFN3O4/c1-12-9-14(4-5-15(12)19)22(8-2-7-21)18(24)11-27-17-10-13(20)3-6-16(17)23(25)26/h3-6,9-10H,2,8,11H2,1H3. The number of benzene rings is 2. The minimum atomic E-state index is -0.727. The van der Waals surface area contributed by atoms with Crippen LogP contribution in [0.5, 0.6) is 5.75 Å². The van der Waals surface area contributed by atoms with Crippen LogP contribution in [0.4, 0.5) is 15.8 Å². The summed E-state index contributed by atoms with van der Waals surface area (Å²) in [5.74, 6) is -1.61. The molecule has 0 fully saturated rings. The first-order valence-corrected chi connectivity index (χ1v) is 8.21. The van der Waals surface area contributed by atoms with E-state index in [0.29, 0.717) is 10.7 Å². The first-order chi connectivity index (χ1) is 12.8. The van der Waals surface area contributed by atoms with Gasteiger partial charge < -0.3 is 9.64 Å². The zero-order chi connectivity index (χ0) is 20.0. The summed E-state index contributed by atoms with van der Waals surface area (Å²) >= 11 is 5.99. The highest BCUT2D eigenvalue weighted by molar-refractivity contribution is 6.31. The van der Waals surface area contributed by atoms with E-state index < -0.39 is 28.9 Å². The molecule has 2 rings (SSSR count). The number of ether oxygens (including phenoxy) is 1. The van der Waals surface area contributed by atoms with E-state index in [9.17, 15) is 19.3 Å². The van der Waals surface area contributed by atoms with Gasteiger partial charge in [-0.3, -0.25) is 14.9 Å². The molecule has 0 spiro atoms. The highest BCUT2D eigenvalue weighted by Gasteiger charge is 2.21. The molecular weight excluding hydrogens is 377 g/mol. The lowest BCUT2D eigenvalue weighted by Gasteiger charge is -2.22. The zero-order valence-electron chi connectivity index (χ0n) is 14.3. The van der Waals surface area contributed by atoms with E-state index in [-0.39, 0.29) is 18.7 Å². The molecule has 0 radical (unpaired) electrons. The van der Waals surface area contributed by atoms with Crippen LogP contribution in [-0.4, -0.2) is 24.0 Å². The fourth-order valence-electron chi connectivity index (χ4n) is 2.33. The van der Waals surface area contributed by atoms with Crippen LogP contribution in [0.2, 0.25) is 5.02 Å². The lowest BCUT2D eigenvalue weighted by atomic mass is 10.2. The highest BCUT2D eigenvalue weighted by atomic mass is 35.5. The lowest BCUT2D eigenvalue weighted by Crippen LogP contribution is -2.35. The van der Waals surface area contributed by atoms with Crippen LogP contribution in [0.25, 0.3) is 0 Å². The zero-order valence-corrected chi connectivity index (χ0v) is 15.1. The molecule has 2 aromatic carbocycles. The van der Waals surface area contributed by atoms with Gasteiger partial charge in [0, 0.05) is 29.4 Å². The molecule has 0 unspecified atom stereocenters. The second kappa shape index (κ2) is 8.96. The van der Waals surface area contributed by atoms with Crippen molar-refractivity contribution in [1.82, 2.24) is 0 Å². The van der Waals surface area contributed by atoms with Crippen LogP contribution in [0.15, 0.2) is 36.4 Å². The van der Waals surface area contributed by atoms with Crippen molar-refractivity contribution in [1.29, 1.82) is 5.26 Å². The lowest BCUT2D eigenvalue weighted by molar-refractivity contribution is -0.385. The summed E-state index contributed by atoms with van der Waals surface area (Å²) < 4.78 is 18.6. The molecule has 0 atom stereocenters. The van der Waals surface area contributed by atoms with E-state index in [4.69, 9.17) is 21.6 Å². The second-order valence-corrected chi connectivity index (χ2v) is 5.95. The molecule has 0 saturated carbocycles. The molecule has 0 aliphatic rings. The van der Waals surface area contributed by atoms with Gasteiger partial charge >= 0.3 is 5.69 Å². The topological polar surface area (TPSA) is 96.5 Å². The van der Waals surface area contributed by atoms with Crippen molar-refractivity contribution in [2.24, 2.45) is 0 Å². The number of nitrogens with zero attached hydrogens (tertiary/aromatic N) is 3. The van der Waals surface area contributed by atoms with Crippen molar-refractivity contribution < 1.29 is 18.8 Å². The smallest absolute Gasteiger partial charge is 0.311 e. The number of nitriles is 1. The molecule has 0 aromatic heterocycles. The maximum absolute atomic E-state index is 13.4. The Bertz CT molecular complexity index is 914.